The van der Waals surface area contributed by atoms with Crippen LogP contribution in [0.5, 0.6) is 0 Å². The van der Waals surface area contributed by atoms with Crippen molar-refractivity contribution in [2.24, 2.45) is 10.8 Å². The molecule has 5 heteroatoms. The number of hydrogen-bond acceptors (Lipinski definition) is 3. The highest BCUT2D eigenvalue weighted by Crippen LogP contribution is 2.48. The van der Waals surface area contributed by atoms with Gasteiger partial charge in [-0.3, -0.25) is 0 Å². The second kappa shape index (κ2) is 13.6. The molecule has 4 nitrogen and oxygen atoms in total. The fraction of sp³-hybridized carbons (Fsp3) is 0.552. The Morgan fingerprint density at radius 2 is 1.91 bits per heavy atom. The quantitative estimate of drug-likeness (QED) is 0.0902. The van der Waals surface area contributed by atoms with Crippen LogP contribution in [-0.4, -0.2) is 39.9 Å². The number of carboxylic acids is 1. The van der Waals surface area contributed by atoms with Crippen molar-refractivity contribution in [3.8, 4) is 0 Å². The maximum absolute atomic E-state index is 11.0. The van der Waals surface area contributed by atoms with Gasteiger partial charge in [-0.2, -0.15) is 0 Å². The molecule has 0 aromatic heterocycles. The Kier molecular flexibility index (Phi) is 10.9. The fourth-order valence-corrected chi connectivity index (χ4v) is 6.52. The van der Waals surface area contributed by atoms with Crippen molar-refractivity contribution in [1.82, 2.24) is 0 Å². The van der Waals surface area contributed by atoms with E-state index < -0.39 is 12.1 Å². The van der Waals surface area contributed by atoms with Gasteiger partial charge in [-0.15, -0.1) is 0 Å². The van der Waals surface area contributed by atoms with Gasteiger partial charge in [-0.25, -0.2) is 4.79 Å². The SMILES string of the molecule is O=C(O)COC/C=C1\CCCC[C@]1(/C=C/C=C/[C@H](O)C1(CCCc2ccccc2)CCC1)CI. The summed E-state index contributed by atoms with van der Waals surface area (Å²) in [6, 6.07) is 10.6. The Bertz CT molecular complexity index is 856. The van der Waals surface area contributed by atoms with Crippen LogP contribution in [0.3, 0.4) is 0 Å². The molecule has 0 saturated heterocycles. The van der Waals surface area contributed by atoms with Gasteiger partial charge < -0.3 is 14.9 Å². The molecule has 0 spiro atoms. The predicted molar refractivity (Wildman–Crippen MR) is 146 cm³/mol. The molecule has 2 fully saturated rings. The zero-order valence-electron chi connectivity index (χ0n) is 20.1. The van der Waals surface area contributed by atoms with Gasteiger partial charge in [-0.1, -0.05) is 102 Å². The van der Waals surface area contributed by atoms with Crippen LogP contribution in [0, 0.1) is 10.8 Å². The molecule has 0 bridgehead atoms. The summed E-state index contributed by atoms with van der Waals surface area (Å²) in [5.74, 6) is -0.935. The number of rotatable bonds is 13. The van der Waals surface area contributed by atoms with Gasteiger partial charge in [-0.05, 0) is 62.3 Å². The number of carboxylic acid groups (broad SMARTS) is 1. The average Bonchev–Trinajstić information content (AvgIpc) is 2.82. The van der Waals surface area contributed by atoms with Crippen molar-refractivity contribution in [3.05, 3.63) is 71.8 Å². The van der Waals surface area contributed by atoms with Gasteiger partial charge in [0, 0.05) is 9.84 Å². The molecule has 1 aromatic carbocycles. The number of benzene rings is 1. The molecule has 0 heterocycles. The largest absolute Gasteiger partial charge is 0.480 e. The number of aryl methyl sites for hydroxylation is 1. The number of aliphatic hydroxyl groups excluding tert-OH is 1. The standard InChI is InChI=1S/C29H39IO4/c30-23-29(16-6-4-13-25(29)15-21-34-22-27(32)33)17-7-5-14-26(31)28(19-9-20-28)18-8-12-24-10-2-1-3-11-24/h1-3,5,7,10-11,14-15,17,26,31H,4,6,8-9,12-13,16,18-23H2,(H,32,33)/b14-5+,17-7+,25-15+/t26-,29-/m0/s1. The van der Waals surface area contributed by atoms with Crippen LogP contribution in [0.4, 0.5) is 0 Å². The van der Waals surface area contributed by atoms with Crippen molar-refractivity contribution in [1.29, 1.82) is 0 Å². The Morgan fingerprint density at radius 3 is 2.59 bits per heavy atom. The first-order valence-corrected chi connectivity index (χ1v) is 14.2. The second-order valence-electron chi connectivity index (χ2n) is 9.88. The molecule has 0 radical (unpaired) electrons. The van der Waals surface area contributed by atoms with Crippen LogP contribution in [0.2, 0.25) is 0 Å². The smallest absolute Gasteiger partial charge is 0.329 e. The molecule has 2 aliphatic carbocycles. The Labute approximate surface area is 218 Å². The molecular weight excluding hydrogens is 539 g/mol. The summed E-state index contributed by atoms with van der Waals surface area (Å²) in [7, 11) is 0. The summed E-state index contributed by atoms with van der Waals surface area (Å²) in [4.78, 5) is 10.7. The zero-order valence-corrected chi connectivity index (χ0v) is 22.3. The van der Waals surface area contributed by atoms with Gasteiger partial charge >= 0.3 is 5.97 Å². The number of aliphatic carboxylic acids is 1. The Hall–Kier alpha value is -1.44. The van der Waals surface area contributed by atoms with E-state index in [4.69, 9.17) is 9.84 Å². The van der Waals surface area contributed by atoms with Crippen molar-refractivity contribution < 1.29 is 19.7 Å². The van der Waals surface area contributed by atoms with Crippen molar-refractivity contribution in [2.45, 2.75) is 70.3 Å². The molecule has 0 aliphatic heterocycles. The molecular formula is C29H39IO4. The summed E-state index contributed by atoms with van der Waals surface area (Å²) in [5, 5.41) is 19.8. The predicted octanol–water partition coefficient (Wildman–Crippen LogP) is 6.68. The lowest BCUT2D eigenvalue weighted by atomic mass is 9.62. The number of aliphatic hydroxyl groups is 1. The van der Waals surface area contributed by atoms with Crippen LogP contribution in [0.1, 0.15) is 63.4 Å². The highest BCUT2D eigenvalue weighted by Gasteiger charge is 2.41. The van der Waals surface area contributed by atoms with Gasteiger partial charge in [0.2, 0.25) is 0 Å². The molecule has 1 aromatic rings. The van der Waals surface area contributed by atoms with Crippen molar-refractivity contribution >= 4 is 28.6 Å². The molecule has 2 atom stereocenters. The summed E-state index contributed by atoms with van der Waals surface area (Å²) >= 11 is 2.46. The summed E-state index contributed by atoms with van der Waals surface area (Å²) < 4.78 is 6.24. The first-order chi connectivity index (χ1) is 16.5. The van der Waals surface area contributed by atoms with E-state index in [1.807, 2.05) is 12.2 Å². The zero-order chi connectivity index (χ0) is 24.3. The molecule has 2 aliphatic rings. The summed E-state index contributed by atoms with van der Waals surface area (Å²) in [6.45, 7) is 0.0818. The van der Waals surface area contributed by atoms with E-state index in [-0.39, 0.29) is 17.4 Å². The Morgan fingerprint density at radius 1 is 1.12 bits per heavy atom. The van der Waals surface area contributed by atoms with Crippen LogP contribution in [0.25, 0.3) is 0 Å². The van der Waals surface area contributed by atoms with E-state index in [0.29, 0.717) is 6.61 Å². The van der Waals surface area contributed by atoms with E-state index in [1.54, 1.807) is 0 Å². The van der Waals surface area contributed by atoms with Gasteiger partial charge in [0.05, 0.1) is 12.7 Å². The van der Waals surface area contributed by atoms with Crippen LogP contribution < -0.4 is 0 Å². The number of alkyl halides is 1. The molecule has 186 valence electrons. The second-order valence-corrected chi connectivity index (χ2v) is 10.6. The number of allylic oxidation sites excluding steroid dienone is 4. The lowest BCUT2D eigenvalue weighted by molar-refractivity contribution is -0.141. The van der Waals surface area contributed by atoms with E-state index in [9.17, 15) is 9.90 Å². The van der Waals surface area contributed by atoms with Crippen LogP contribution in [-0.2, 0) is 16.0 Å². The highest BCUT2D eigenvalue weighted by atomic mass is 127. The monoisotopic (exact) mass is 578 g/mol. The molecule has 3 rings (SSSR count). The molecule has 0 amide bonds. The third-order valence-corrected chi connectivity index (χ3v) is 9.01. The minimum absolute atomic E-state index is 0.00940. The van der Waals surface area contributed by atoms with Crippen LogP contribution in [0.15, 0.2) is 66.3 Å². The number of hydrogen-bond donors (Lipinski definition) is 2. The van der Waals surface area contributed by atoms with Gasteiger partial charge in [0.1, 0.15) is 6.61 Å². The number of ether oxygens (including phenoxy) is 1. The van der Waals surface area contributed by atoms with E-state index in [1.165, 1.54) is 24.0 Å². The van der Waals surface area contributed by atoms with Crippen LogP contribution >= 0.6 is 22.6 Å². The molecule has 0 unspecified atom stereocenters. The average molecular weight is 579 g/mol. The van der Waals surface area contributed by atoms with Crippen molar-refractivity contribution in [3.63, 3.8) is 0 Å². The number of halogens is 1. The molecule has 2 saturated carbocycles. The summed E-state index contributed by atoms with van der Waals surface area (Å²) in [5.41, 5.74) is 2.75. The third-order valence-electron chi connectivity index (χ3n) is 7.65. The highest BCUT2D eigenvalue weighted by molar-refractivity contribution is 14.1. The lowest BCUT2D eigenvalue weighted by Crippen LogP contribution is -2.40. The maximum Gasteiger partial charge on any atom is 0.329 e. The topological polar surface area (TPSA) is 66.8 Å². The maximum atomic E-state index is 11.0. The number of carbonyl (C=O) groups is 1. The minimum Gasteiger partial charge on any atom is -0.480 e. The van der Waals surface area contributed by atoms with Gasteiger partial charge in [0.25, 0.3) is 0 Å². The minimum atomic E-state index is -0.935. The van der Waals surface area contributed by atoms with Gasteiger partial charge in [0.15, 0.2) is 0 Å². The molecule has 2 N–H and O–H groups in total. The fourth-order valence-electron chi connectivity index (χ4n) is 5.39. The first-order valence-electron chi connectivity index (χ1n) is 12.6. The third kappa shape index (κ3) is 7.53. The normalized spacial score (nSPS) is 24.5. The summed E-state index contributed by atoms with van der Waals surface area (Å²) in [6.07, 6.45) is 21.3. The van der Waals surface area contributed by atoms with E-state index >= 15 is 0 Å². The van der Waals surface area contributed by atoms with E-state index in [2.05, 4.69) is 71.2 Å². The molecule has 34 heavy (non-hydrogen) atoms. The van der Waals surface area contributed by atoms with Crippen molar-refractivity contribution in [2.75, 3.05) is 17.6 Å². The first kappa shape index (κ1) is 27.2. The lowest BCUT2D eigenvalue weighted by Gasteiger charge is -2.45. The van der Waals surface area contributed by atoms with E-state index in [0.717, 1.165) is 55.8 Å². The Balaban J connectivity index is 1.57.